The van der Waals surface area contributed by atoms with Crippen LogP contribution in [0.2, 0.25) is 0 Å². The Morgan fingerprint density at radius 3 is 2.19 bits per heavy atom. The lowest BCUT2D eigenvalue weighted by Crippen LogP contribution is -2.46. The Kier molecular flexibility index (Phi) is 3.96. The number of benzene rings is 2. The highest BCUT2D eigenvalue weighted by Gasteiger charge is 2.89. The van der Waals surface area contributed by atoms with Gasteiger partial charge in [-0.1, -0.05) is 74.5 Å². The van der Waals surface area contributed by atoms with Gasteiger partial charge in [0.05, 0.1) is 5.41 Å². The first-order valence-corrected chi connectivity index (χ1v) is 9.41. The topological polar surface area (TPSA) is 52.3 Å². The minimum atomic E-state index is -0.369. The number of carbonyl (C=O) groups is 1. The molecule has 26 heavy (non-hydrogen) atoms. The van der Waals surface area contributed by atoms with Crippen LogP contribution in [0.3, 0.4) is 0 Å². The fourth-order valence-corrected chi connectivity index (χ4v) is 5.78. The van der Waals surface area contributed by atoms with E-state index in [-0.39, 0.29) is 22.2 Å². The summed E-state index contributed by atoms with van der Waals surface area (Å²) in [6.07, 6.45) is 1.73. The first-order valence-electron chi connectivity index (χ1n) is 9.41. The van der Waals surface area contributed by atoms with Crippen LogP contribution < -0.4 is 5.73 Å². The minimum Gasteiger partial charge on any atom is -0.460 e. The number of hydrogen-bond donors (Lipinski definition) is 1. The molecule has 0 radical (unpaired) electrons. The maximum atomic E-state index is 13.1. The molecule has 3 nitrogen and oxygen atoms in total. The Bertz CT molecular complexity index is 805. The molecule has 0 aliphatic heterocycles. The molecule has 3 unspecified atom stereocenters. The lowest BCUT2D eigenvalue weighted by Gasteiger charge is -2.42. The number of fused-ring (bicyclic) bond motifs is 1. The van der Waals surface area contributed by atoms with E-state index in [0.717, 1.165) is 18.4 Å². The summed E-state index contributed by atoms with van der Waals surface area (Å²) in [7, 11) is 0. The average Bonchev–Trinajstić information content (AvgIpc) is 3.12. The Balaban J connectivity index is 1.54. The molecule has 4 rings (SSSR count). The van der Waals surface area contributed by atoms with Crippen molar-refractivity contribution in [3.63, 3.8) is 0 Å². The fraction of sp³-hybridized carbons (Fsp3) is 0.435. The Hall–Kier alpha value is -2.13. The van der Waals surface area contributed by atoms with Gasteiger partial charge in [0.1, 0.15) is 6.61 Å². The summed E-state index contributed by atoms with van der Waals surface area (Å²) in [6.45, 7) is 5.43. The van der Waals surface area contributed by atoms with E-state index >= 15 is 0 Å². The lowest BCUT2D eigenvalue weighted by atomic mass is 9.63. The van der Waals surface area contributed by atoms with Gasteiger partial charge in [-0.05, 0) is 47.3 Å². The summed E-state index contributed by atoms with van der Waals surface area (Å²) in [5, 5.41) is 0. The molecule has 0 bridgehead atoms. The first kappa shape index (κ1) is 17.3. The summed E-state index contributed by atoms with van der Waals surface area (Å²) in [4.78, 5) is 13.1. The predicted molar refractivity (Wildman–Crippen MR) is 102 cm³/mol. The third-order valence-electron chi connectivity index (χ3n) is 6.90. The van der Waals surface area contributed by atoms with Gasteiger partial charge in [-0.25, -0.2) is 0 Å². The summed E-state index contributed by atoms with van der Waals surface area (Å²) in [6, 6.07) is 20.3. The second kappa shape index (κ2) is 5.95. The predicted octanol–water partition coefficient (Wildman–Crippen LogP) is 3.96. The van der Waals surface area contributed by atoms with Crippen LogP contribution >= 0.6 is 0 Å². The van der Waals surface area contributed by atoms with E-state index in [9.17, 15) is 4.79 Å². The monoisotopic (exact) mass is 349 g/mol. The quantitative estimate of drug-likeness (QED) is 0.803. The number of hydrogen-bond acceptors (Lipinski definition) is 3. The van der Waals surface area contributed by atoms with Crippen LogP contribution in [-0.4, -0.2) is 12.5 Å². The molecular formula is C23H27NO2. The SMILES string of the molecule is CC1(Cc2ccccc2)C2C1(C(=O)OCc1ccccc1)C[C@@]2(C)CN. The van der Waals surface area contributed by atoms with Crippen molar-refractivity contribution in [1.29, 1.82) is 0 Å². The largest absolute Gasteiger partial charge is 0.460 e. The Labute approximate surface area is 155 Å². The van der Waals surface area contributed by atoms with Gasteiger partial charge in [-0.2, -0.15) is 0 Å². The molecule has 2 fully saturated rings. The molecule has 136 valence electrons. The molecule has 2 aliphatic rings. The Morgan fingerprint density at radius 2 is 1.62 bits per heavy atom. The van der Waals surface area contributed by atoms with Crippen molar-refractivity contribution >= 4 is 5.97 Å². The van der Waals surface area contributed by atoms with Crippen molar-refractivity contribution < 1.29 is 9.53 Å². The zero-order chi connectivity index (χ0) is 18.4. The summed E-state index contributed by atoms with van der Waals surface area (Å²) in [5.74, 6) is 0.256. The third kappa shape index (κ3) is 2.34. The van der Waals surface area contributed by atoms with E-state index in [1.807, 2.05) is 36.4 Å². The molecule has 3 heteroatoms. The van der Waals surface area contributed by atoms with Gasteiger partial charge in [0.15, 0.2) is 0 Å². The maximum absolute atomic E-state index is 13.1. The molecule has 0 amide bonds. The molecule has 0 aromatic heterocycles. The number of esters is 1. The molecule has 0 heterocycles. The van der Waals surface area contributed by atoms with Gasteiger partial charge >= 0.3 is 5.97 Å². The van der Waals surface area contributed by atoms with Crippen molar-refractivity contribution in [2.75, 3.05) is 6.54 Å². The van der Waals surface area contributed by atoms with Crippen molar-refractivity contribution in [1.82, 2.24) is 0 Å². The van der Waals surface area contributed by atoms with Gasteiger partial charge in [-0.15, -0.1) is 0 Å². The maximum Gasteiger partial charge on any atom is 0.313 e. The van der Waals surface area contributed by atoms with E-state index in [1.165, 1.54) is 5.56 Å². The van der Waals surface area contributed by atoms with E-state index in [1.54, 1.807) is 0 Å². The molecular weight excluding hydrogens is 322 g/mol. The normalized spacial score (nSPS) is 34.5. The van der Waals surface area contributed by atoms with Crippen LogP contribution in [0.5, 0.6) is 0 Å². The number of ether oxygens (including phenoxy) is 1. The fourth-order valence-electron chi connectivity index (χ4n) is 5.78. The molecule has 0 saturated heterocycles. The molecule has 2 saturated carbocycles. The van der Waals surface area contributed by atoms with Crippen molar-refractivity contribution in [3.8, 4) is 0 Å². The zero-order valence-corrected chi connectivity index (χ0v) is 15.6. The van der Waals surface area contributed by atoms with Crippen LogP contribution in [0, 0.1) is 22.2 Å². The zero-order valence-electron chi connectivity index (χ0n) is 15.6. The molecule has 2 aromatic carbocycles. The summed E-state index contributed by atoms with van der Waals surface area (Å²) < 4.78 is 5.77. The van der Waals surface area contributed by atoms with Gasteiger partial charge < -0.3 is 10.5 Å². The highest BCUT2D eigenvalue weighted by atomic mass is 16.5. The summed E-state index contributed by atoms with van der Waals surface area (Å²) in [5.41, 5.74) is 7.97. The van der Waals surface area contributed by atoms with Crippen LogP contribution in [0.25, 0.3) is 0 Å². The number of carbonyl (C=O) groups excluding carboxylic acids is 1. The number of nitrogens with two attached hydrogens (primary N) is 1. The second-order valence-electron chi connectivity index (χ2n) is 8.58. The van der Waals surface area contributed by atoms with Crippen molar-refractivity contribution in [2.45, 2.75) is 33.3 Å². The van der Waals surface area contributed by atoms with Gasteiger partial charge in [0.25, 0.3) is 0 Å². The number of rotatable bonds is 6. The Morgan fingerprint density at radius 1 is 1.04 bits per heavy atom. The molecule has 0 spiro atoms. The molecule has 2 N–H and O–H groups in total. The van der Waals surface area contributed by atoms with Crippen LogP contribution in [0.15, 0.2) is 60.7 Å². The lowest BCUT2D eigenvalue weighted by molar-refractivity contribution is -0.160. The standard InChI is InChI=1S/C23H27NO2/c1-21(16-24)15-23(20(25)26-14-18-11-7-4-8-12-18)19(21)22(23,2)13-17-9-5-3-6-10-17/h3-12,19H,13-16,24H2,1-2H3/t19?,21-,22?,23?/m0/s1. The highest BCUT2D eigenvalue weighted by molar-refractivity contribution is 5.85. The van der Waals surface area contributed by atoms with E-state index in [0.29, 0.717) is 19.1 Å². The van der Waals surface area contributed by atoms with Gasteiger partial charge in [-0.3, -0.25) is 4.79 Å². The smallest absolute Gasteiger partial charge is 0.313 e. The minimum absolute atomic E-state index is 0.0370. The molecule has 4 atom stereocenters. The molecule has 2 aliphatic carbocycles. The summed E-state index contributed by atoms with van der Waals surface area (Å²) >= 11 is 0. The van der Waals surface area contributed by atoms with Gasteiger partial charge in [0.2, 0.25) is 0 Å². The van der Waals surface area contributed by atoms with E-state index in [4.69, 9.17) is 10.5 Å². The first-order chi connectivity index (χ1) is 12.5. The second-order valence-corrected chi connectivity index (χ2v) is 8.58. The van der Waals surface area contributed by atoms with Crippen LogP contribution in [0.4, 0.5) is 0 Å². The van der Waals surface area contributed by atoms with Crippen molar-refractivity contribution in [3.05, 3.63) is 71.8 Å². The van der Waals surface area contributed by atoms with E-state index < -0.39 is 0 Å². The highest BCUT2D eigenvalue weighted by Crippen LogP contribution is 2.87. The van der Waals surface area contributed by atoms with Crippen LogP contribution in [0.1, 0.15) is 31.4 Å². The average molecular weight is 349 g/mol. The van der Waals surface area contributed by atoms with Gasteiger partial charge in [0, 0.05) is 0 Å². The third-order valence-corrected chi connectivity index (χ3v) is 6.90. The molecule has 2 aromatic rings. The van der Waals surface area contributed by atoms with Crippen LogP contribution in [-0.2, 0) is 22.6 Å². The van der Waals surface area contributed by atoms with E-state index in [2.05, 4.69) is 38.1 Å². The van der Waals surface area contributed by atoms with Crippen molar-refractivity contribution in [2.24, 2.45) is 27.9 Å².